The zero-order valence-electron chi connectivity index (χ0n) is 16.0. The van der Waals surface area contributed by atoms with Gasteiger partial charge < -0.3 is 15.2 Å². The van der Waals surface area contributed by atoms with Crippen molar-refractivity contribution in [2.24, 2.45) is 5.92 Å². The molecule has 4 rings (SSSR count). The predicted molar refractivity (Wildman–Crippen MR) is 107 cm³/mol. The third-order valence-electron chi connectivity index (χ3n) is 5.56. The highest BCUT2D eigenvalue weighted by Gasteiger charge is 2.24. The number of likely N-dealkylation sites (tertiary alicyclic amines) is 1. The van der Waals surface area contributed by atoms with Gasteiger partial charge in [-0.3, -0.25) is 9.47 Å². The van der Waals surface area contributed by atoms with Crippen LogP contribution in [0.25, 0.3) is 10.9 Å². The highest BCUT2D eigenvalue weighted by Crippen LogP contribution is 2.34. The van der Waals surface area contributed by atoms with Gasteiger partial charge in [0.25, 0.3) is 0 Å². The Morgan fingerprint density at radius 2 is 2.00 bits per heavy atom. The van der Waals surface area contributed by atoms with Crippen LogP contribution in [-0.2, 0) is 0 Å². The first kappa shape index (κ1) is 17.9. The van der Waals surface area contributed by atoms with Crippen molar-refractivity contribution in [3.05, 3.63) is 59.7 Å². The molecular formula is C22H27N3O2. The van der Waals surface area contributed by atoms with Crippen molar-refractivity contribution in [2.75, 3.05) is 25.5 Å². The number of fused-ring (bicyclic) bond motifs is 1. The summed E-state index contributed by atoms with van der Waals surface area (Å²) < 4.78 is 6.75. The summed E-state index contributed by atoms with van der Waals surface area (Å²) in [5, 5.41) is 1.09. The number of furan rings is 1. The van der Waals surface area contributed by atoms with E-state index >= 15 is 0 Å². The molecule has 2 aromatic heterocycles. The van der Waals surface area contributed by atoms with E-state index < -0.39 is 0 Å². The Hall–Kier alpha value is -2.53. The maximum atomic E-state index is 12.7. The summed E-state index contributed by atoms with van der Waals surface area (Å²) in [5.41, 5.74) is 3.48. The fourth-order valence-corrected chi connectivity index (χ4v) is 4.25. The summed E-state index contributed by atoms with van der Waals surface area (Å²) in [6.45, 7) is 7.94. The zero-order valence-corrected chi connectivity index (χ0v) is 16.0. The second kappa shape index (κ2) is 7.24. The average Bonchev–Trinajstić information content (AvgIpc) is 3.30. The van der Waals surface area contributed by atoms with Crippen LogP contribution < -0.4 is 5.84 Å². The first-order valence-electron chi connectivity index (χ1n) is 9.72. The summed E-state index contributed by atoms with van der Waals surface area (Å²) in [6.07, 6.45) is 7.32. The fourth-order valence-electron chi connectivity index (χ4n) is 4.25. The quantitative estimate of drug-likeness (QED) is 0.548. The molecule has 1 aliphatic heterocycles. The molecule has 3 aromatic rings. The van der Waals surface area contributed by atoms with Crippen molar-refractivity contribution in [3.8, 4) is 0 Å². The normalized spacial score (nSPS) is 16.4. The highest BCUT2D eigenvalue weighted by molar-refractivity contribution is 6.10. The van der Waals surface area contributed by atoms with Crippen LogP contribution in [0.3, 0.4) is 0 Å². The Morgan fingerprint density at radius 3 is 2.67 bits per heavy atom. The van der Waals surface area contributed by atoms with E-state index in [-0.39, 0.29) is 5.78 Å². The van der Waals surface area contributed by atoms with Crippen LogP contribution in [0.2, 0.25) is 0 Å². The van der Waals surface area contributed by atoms with Gasteiger partial charge in [0.05, 0.1) is 17.3 Å². The van der Waals surface area contributed by atoms with Crippen LogP contribution in [0, 0.1) is 5.92 Å². The molecule has 1 aliphatic rings. The van der Waals surface area contributed by atoms with E-state index in [1.165, 1.54) is 18.1 Å². The average molecular weight is 365 g/mol. The molecule has 0 unspecified atom stereocenters. The van der Waals surface area contributed by atoms with Gasteiger partial charge in [-0.2, -0.15) is 0 Å². The number of ketones is 1. The number of nitrogens with zero attached hydrogens (tertiary/aromatic N) is 2. The number of hydrogen-bond donors (Lipinski definition) is 1. The topological polar surface area (TPSA) is 64.4 Å². The number of nitrogen functional groups attached to an aromatic ring is 1. The lowest BCUT2D eigenvalue weighted by molar-refractivity contribution is 0.103. The van der Waals surface area contributed by atoms with Gasteiger partial charge in [0.2, 0.25) is 0 Å². The number of hydrogen-bond acceptors (Lipinski definition) is 4. The maximum absolute atomic E-state index is 12.7. The number of carbonyl (C=O) groups excluding carboxylic acids is 1. The molecule has 0 aliphatic carbocycles. The van der Waals surface area contributed by atoms with E-state index in [0.29, 0.717) is 23.0 Å². The van der Waals surface area contributed by atoms with E-state index in [4.69, 9.17) is 10.3 Å². The van der Waals surface area contributed by atoms with E-state index in [9.17, 15) is 4.79 Å². The molecule has 0 spiro atoms. The molecule has 1 saturated heterocycles. The highest BCUT2D eigenvalue weighted by atomic mass is 16.3. The van der Waals surface area contributed by atoms with Gasteiger partial charge in [-0.15, -0.1) is 0 Å². The van der Waals surface area contributed by atoms with Gasteiger partial charge in [-0.25, -0.2) is 0 Å². The first-order chi connectivity index (χ1) is 13.0. The Morgan fingerprint density at radius 1 is 1.22 bits per heavy atom. The molecular weight excluding hydrogens is 338 g/mol. The minimum absolute atomic E-state index is 0.0203. The van der Waals surface area contributed by atoms with Crippen LogP contribution in [0.1, 0.15) is 54.1 Å². The third-order valence-corrected chi connectivity index (χ3v) is 5.56. The van der Waals surface area contributed by atoms with E-state index in [2.05, 4.69) is 18.7 Å². The van der Waals surface area contributed by atoms with Gasteiger partial charge in [-0.05, 0) is 67.6 Å². The van der Waals surface area contributed by atoms with Crippen LogP contribution >= 0.6 is 0 Å². The summed E-state index contributed by atoms with van der Waals surface area (Å²) in [7, 11) is 0. The number of carbonyl (C=O) groups is 1. The lowest BCUT2D eigenvalue weighted by Crippen LogP contribution is -2.35. The van der Waals surface area contributed by atoms with E-state index in [0.717, 1.165) is 43.4 Å². The number of nitrogens with two attached hydrogens (primary N) is 1. The second-order valence-electron chi connectivity index (χ2n) is 8.03. The molecule has 5 heteroatoms. The molecule has 0 amide bonds. The molecule has 2 N–H and O–H groups in total. The molecule has 142 valence electrons. The molecule has 1 fully saturated rings. The van der Waals surface area contributed by atoms with Crippen LogP contribution in [0.15, 0.2) is 47.4 Å². The summed E-state index contributed by atoms with van der Waals surface area (Å²) >= 11 is 0. The summed E-state index contributed by atoms with van der Waals surface area (Å²) in [4.78, 5) is 15.2. The van der Waals surface area contributed by atoms with Gasteiger partial charge in [0.15, 0.2) is 5.78 Å². The Kier molecular flexibility index (Phi) is 4.79. The van der Waals surface area contributed by atoms with Crippen molar-refractivity contribution in [2.45, 2.75) is 32.6 Å². The van der Waals surface area contributed by atoms with Gasteiger partial charge in [0.1, 0.15) is 6.26 Å². The van der Waals surface area contributed by atoms with Gasteiger partial charge in [-0.1, -0.05) is 13.8 Å². The number of piperidine rings is 1. The van der Waals surface area contributed by atoms with Gasteiger partial charge in [0, 0.05) is 23.7 Å². The van der Waals surface area contributed by atoms with Crippen molar-refractivity contribution in [1.29, 1.82) is 0 Å². The van der Waals surface area contributed by atoms with E-state index in [1.807, 2.05) is 24.4 Å². The molecule has 0 saturated carbocycles. The molecule has 5 nitrogen and oxygen atoms in total. The minimum Gasteiger partial charge on any atom is -0.472 e. The summed E-state index contributed by atoms with van der Waals surface area (Å²) in [6, 6.07) is 7.48. The van der Waals surface area contributed by atoms with Crippen molar-refractivity contribution in [3.63, 3.8) is 0 Å². The monoisotopic (exact) mass is 365 g/mol. The Balaban J connectivity index is 1.62. The van der Waals surface area contributed by atoms with Crippen molar-refractivity contribution < 1.29 is 9.21 Å². The molecule has 0 atom stereocenters. The first-order valence-corrected chi connectivity index (χ1v) is 9.72. The minimum atomic E-state index is -0.0203. The smallest absolute Gasteiger partial charge is 0.196 e. The van der Waals surface area contributed by atoms with Crippen molar-refractivity contribution >= 4 is 16.7 Å². The SMILES string of the molecule is CC(C)CN1CCC(c2cn(N)c3ccc(C(=O)c4ccoc4)cc23)CC1. The maximum Gasteiger partial charge on any atom is 0.196 e. The van der Waals surface area contributed by atoms with Crippen LogP contribution in [0.5, 0.6) is 0 Å². The molecule has 3 heterocycles. The number of benzene rings is 1. The van der Waals surface area contributed by atoms with E-state index in [1.54, 1.807) is 10.7 Å². The largest absolute Gasteiger partial charge is 0.472 e. The second-order valence-corrected chi connectivity index (χ2v) is 8.03. The number of aromatic nitrogens is 1. The lowest BCUT2D eigenvalue weighted by atomic mass is 9.88. The van der Waals surface area contributed by atoms with Crippen LogP contribution in [0.4, 0.5) is 0 Å². The Labute approximate surface area is 159 Å². The third kappa shape index (κ3) is 3.52. The zero-order chi connectivity index (χ0) is 19.0. The molecule has 0 radical (unpaired) electrons. The number of rotatable bonds is 5. The molecule has 0 bridgehead atoms. The lowest BCUT2D eigenvalue weighted by Gasteiger charge is -2.33. The summed E-state index contributed by atoms with van der Waals surface area (Å²) in [5.74, 6) is 7.37. The standard InChI is InChI=1S/C22H27N3O2/c1-15(2)12-24-8-5-16(6-9-24)20-13-25(23)21-4-3-17(11-19(20)21)22(26)18-7-10-27-14-18/h3-4,7,10-11,13-16H,5-6,8-9,12,23H2,1-2H3. The fraction of sp³-hybridized carbons (Fsp3) is 0.409. The predicted octanol–water partition coefficient (Wildman–Crippen LogP) is 4.01. The van der Waals surface area contributed by atoms with Crippen molar-refractivity contribution in [1.82, 2.24) is 9.58 Å². The molecule has 27 heavy (non-hydrogen) atoms. The van der Waals surface area contributed by atoms with Gasteiger partial charge >= 0.3 is 0 Å². The molecule has 1 aromatic carbocycles. The Bertz CT molecular complexity index is 932. The van der Waals surface area contributed by atoms with Crippen LogP contribution in [-0.4, -0.2) is 35.0 Å².